The van der Waals surface area contributed by atoms with Crippen LogP contribution in [-0.4, -0.2) is 24.3 Å². The highest BCUT2D eigenvalue weighted by Crippen LogP contribution is 2.43. The van der Waals surface area contributed by atoms with Gasteiger partial charge >= 0.3 is 0 Å². The summed E-state index contributed by atoms with van der Waals surface area (Å²) in [5, 5.41) is 3.56. The van der Waals surface area contributed by atoms with Crippen molar-refractivity contribution >= 4 is 0 Å². The second kappa shape index (κ2) is 3.58. The summed E-state index contributed by atoms with van der Waals surface area (Å²) in [5.41, 5.74) is 0.242. The Kier molecular flexibility index (Phi) is 2.61. The first-order valence-electron chi connectivity index (χ1n) is 5.65. The molecule has 1 saturated carbocycles. The zero-order valence-corrected chi connectivity index (χ0v) is 8.81. The first kappa shape index (κ1) is 9.47. The van der Waals surface area contributed by atoms with Crippen LogP contribution in [0.25, 0.3) is 0 Å². The minimum absolute atomic E-state index is 0.242. The van der Waals surface area contributed by atoms with Crippen molar-refractivity contribution in [2.45, 2.75) is 63.7 Å². The molecular weight excluding hydrogens is 162 g/mol. The second-order valence-electron chi connectivity index (χ2n) is 4.71. The first-order valence-corrected chi connectivity index (χ1v) is 5.65. The van der Waals surface area contributed by atoms with E-state index in [2.05, 4.69) is 19.2 Å². The minimum atomic E-state index is 0.242. The Morgan fingerprint density at radius 1 is 1.62 bits per heavy atom. The van der Waals surface area contributed by atoms with Crippen molar-refractivity contribution in [3.05, 3.63) is 0 Å². The molecule has 0 aromatic rings. The number of fused-ring (bicyclic) bond motifs is 2. The van der Waals surface area contributed by atoms with Crippen LogP contribution in [0.4, 0.5) is 0 Å². The van der Waals surface area contributed by atoms with Gasteiger partial charge in [-0.05, 0) is 32.6 Å². The molecule has 1 aliphatic carbocycles. The lowest BCUT2D eigenvalue weighted by atomic mass is 9.77. The highest BCUT2D eigenvalue weighted by molar-refractivity contribution is 4.99. The summed E-state index contributed by atoms with van der Waals surface area (Å²) in [6, 6.07) is 0.638. The van der Waals surface area contributed by atoms with Crippen molar-refractivity contribution in [1.82, 2.24) is 5.32 Å². The van der Waals surface area contributed by atoms with Gasteiger partial charge in [-0.3, -0.25) is 0 Å². The van der Waals surface area contributed by atoms with Gasteiger partial charge in [0.25, 0.3) is 0 Å². The van der Waals surface area contributed by atoms with Gasteiger partial charge in [-0.15, -0.1) is 0 Å². The average molecular weight is 183 g/mol. The molecule has 2 bridgehead atoms. The van der Waals surface area contributed by atoms with Crippen LogP contribution in [0.5, 0.6) is 0 Å². The monoisotopic (exact) mass is 183 g/mol. The van der Waals surface area contributed by atoms with Gasteiger partial charge in [-0.1, -0.05) is 6.92 Å². The lowest BCUT2D eigenvalue weighted by Crippen LogP contribution is -2.59. The summed E-state index contributed by atoms with van der Waals surface area (Å²) in [4.78, 5) is 0. The molecule has 3 atom stereocenters. The van der Waals surface area contributed by atoms with Crippen molar-refractivity contribution in [1.29, 1.82) is 0 Å². The SMILES string of the molecule is CCC(C)NCC12CCCC(C1)O2. The van der Waals surface area contributed by atoms with E-state index >= 15 is 0 Å². The third-order valence-electron chi connectivity index (χ3n) is 3.56. The molecule has 0 radical (unpaired) electrons. The fourth-order valence-electron chi connectivity index (χ4n) is 2.44. The molecule has 76 valence electrons. The van der Waals surface area contributed by atoms with E-state index in [-0.39, 0.29) is 5.60 Å². The summed E-state index contributed by atoms with van der Waals surface area (Å²) in [7, 11) is 0. The lowest BCUT2D eigenvalue weighted by Gasteiger charge is -2.52. The molecule has 1 N–H and O–H groups in total. The van der Waals surface area contributed by atoms with E-state index in [1.54, 1.807) is 0 Å². The molecule has 2 nitrogen and oxygen atoms in total. The molecule has 2 heterocycles. The lowest BCUT2D eigenvalue weighted by molar-refractivity contribution is -0.232. The maximum Gasteiger partial charge on any atom is 0.0834 e. The number of hydrogen-bond acceptors (Lipinski definition) is 2. The molecule has 0 spiro atoms. The smallest absolute Gasteiger partial charge is 0.0834 e. The Morgan fingerprint density at radius 2 is 2.38 bits per heavy atom. The third kappa shape index (κ3) is 1.89. The Hall–Kier alpha value is -0.0800. The van der Waals surface area contributed by atoms with E-state index in [1.807, 2.05) is 0 Å². The summed E-state index contributed by atoms with van der Waals surface area (Å²) in [6.45, 7) is 5.54. The van der Waals surface area contributed by atoms with E-state index in [0.29, 0.717) is 12.1 Å². The van der Waals surface area contributed by atoms with Crippen LogP contribution >= 0.6 is 0 Å². The molecule has 0 aromatic carbocycles. The van der Waals surface area contributed by atoms with E-state index < -0.39 is 0 Å². The molecular formula is C11H21NO. The summed E-state index contributed by atoms with van der Waals surface area (Å²) in [5.74, 6) is 0. The molecule has 13 heavy (non-hydrogen) atoms. The molecule has 2 saturated heterocycles. The van der Waals surface area contributed by atoms with Gasteiger partial charge in [-0.2, -0.15) is 0 Å². The standard InChI is InChI=1S/C11H21NO/c1-3-9(2)12-8-11-6-4-5-10(7-11)13-11/h9-10,12H,3-8H2,1-2H3. The van der Waals surface area contributed by atoms with Crippen molar-refractivity contribution in [3.8, 4) is 0 Å². The van der Waals surface area contributed by atoms with E-state index in [0.717, 1.165) is 6.54 Å². The molecule has 3 aliphatic rings. The van der Waals surface area contributed by atoms with Gasteiger partial charge in [0.15, 0.2) is 0 Å². The van der Waals surface area contributed by atoms with Gasteiger partial charge in [0.1, 0.15) is 0 Å². The first-order chi connectivity index (χ1) is 6.24. The largest absolute Gasteiger partial charge is 0.370 e. The highest BCUT2D eigenvalue weighted by atomic mass is 16.5. The Bertz CT molecular complexity index is 169. The number of nitrogens with one attached hydrogen (secondary N) is 1. The van der Waals surface area contributed by atoms with Crippen molar-refractivity contribution in [2.24, 2.45) is 0 Å². The predicted octanol–water partition coefficient (Wildman–Crippen LogP) is 2.09. The normalized spacial score (nSPS) is 39.7. The van der Waals surface area contributed by atoms with Gasteiger partial charge in [0.2, 0.25) is 0 Å². The van der Waals surface area contributed by atoms with Crippen molar-refractivity contribution < 1.29 is 4.74 Å². The quantitative estimate of drug-likeness (QED) is 0.720. The Morgan fingerprint density at radius 3 is 2.92 bits per heavy atom. The van der Waals surface area contributed by atoms with Crippen molar-refractivity contribution in [2.75, 3.05) is 6.54 Å². The molecule has 2 aliphatic heterocycles. The minimum Gasteiger partial charge on any atom is -0.370 e. The maximum atomic E-state index is 5.90. The molecule has 3 unspecified atom stereocenters. The number of rotatable bonds is 4. The highest BCUT2D eigenvalue weighted by Gasteiger charge is 2.47. The maximum absolute atomic E-state index is 5.90. The van der Waals surface area contributed by atoms with Crippen LogP contribution in [-0.2, 0) is 4.74 Å². The van der Waals surface area contributed by atoms with Crippen LogP contribution in [0.15, 0.2) is 0 Å². The Balaban J connectivity index is 1.75. The fraction of sp³-hybridized carbons (Fsp3) is 1.00. The Labute approximate surface area is 81.0 Å². The summed E-state index contributed by atoms with van der Waals surface area (Å²) < 4.78 is 5.90. The molecule has 0 aromatic heterocycles. The van der Waals surface area contributed by atoms with Gasteiger partial charge in [0, 0.05) is 19.0 Å². The van der Waals surface area contributed by atoms with E-state index in [1.165, 1.54) is 32.1 Å². The predicted molar refractivity (Wildman–Crippen MR) is 53.8 cm³/mol. The van der Waals surface area contributed by atoms with Crippen LogP contribution in [0.3, 0.4) is 0 Å². The van der Waals surface area contributed by atoms with Crippen LogP contribution in [0.2, 0.25) is 0 Å². The molecule has 3 rings (SSSR count). The zero-order valence-electron chi connectivity index (χ0n) is 8.81. The van der Waals surface area contributed by atoms with Crippen molar-refractivity contribution in [3.63, 3.8) is 0 Å². The van der Waals surface area contributed by atoms with Gasteiger partial charge < -0.3 is 10.1 Å². The van der Waals surface area contributed by atoms with Gasteiger partial charge in [-0.25, -0.2) is 0 Å². The topological polar surface area (TPSA) is 21.3 Å². The van der Waals surface area contributed by atoms with E-state index in [4.69, 9.17) is 4.74 Å². The summed E-state index contributed by atoms with van der Waals surface area (Å²) in [6.07, 6.45) is 7.05. The average Bonchev–Trinajstić information content (AvgIpc) is 2.14. The number of ether oxygens (including phenoxy) is 1. The zero-order chi connectivity index (χ0) is 9.31. The fourth-order valence-corrected chi connectivity index (χ4v) is 2.44. The van der Waals surface area contributed by atoms with Crippen LogP contribution in [0, 0.1) is 0 Å². The summed E-state index contributed by atoms with van der Waals surface area (Å²) >= 11 is 0. The molecule has 2 heteroatoms. The molecule has 3 fully saturated rings. The van der Waals surface area contributed by atoms with E-state index in [9.17, 15) is 0 Å². The second-order valence-corrected chi connectivity index (χ2v) is 4.71. The third-order valence-corrected chi connectivity index (χ3v) is 3.56. The van der Waals surface area contributed by atoms with Gasteiger partial charge in [0.05, 0.1) is 11.7 Å². The van der Waals surface area contributed by atoms with Crippen LogP contribution in [0.1, 0.15) is 46.0 Å². The van der Waals surface area contributed by atoms with Crippen LogP contribution < -0.4 is 5.32 Å². The molecule has 0 amide bonds. The number of hydrogen-bond donors (Lipinski definition) is 1.